The first kappa shape index (κ1) is 10.9. The monoisotopic (exact) mass is 215 g/mol. The van der Waals surface area contributed by atoms with E-state index in [1.807, 2.05) is 23.1 Å². The van der Waals surface area contributed by atoms with Crippen molar-refractivity contribution in [2.75, 3.05) is 11.4 Å². The topological polar surface area (TPSA) is 20.3 Å². The highest BCUT2D eigenvalue weighted by Crippen LogP contribution is 2.21. The van der Waals surface area contributed by atoms with Crippen molar-refractivity contribution in [1.82, 2.24) is 0 Å². The zero-order chi connectivity index (χ0) is 11.4. The normalized spacial score (nSPS) is 16.2. The van der Waals surface area contributed by atoms with Gasteiger partial charge in [0.2, 0.25) is 5.91 Å². The minimum atomic E-state index is 0.253. The largest absolute Gasteiger partial charge is 0.312 e. The second-order valence-corrected chi connectivity index (χ2v) is 4.16. The van der Waals surface area contributed by atoms with E-state index in [0.29, 0.717) is 6.42 Å². The summed E-state index contributed by atoms with van der Waals surface area (Å²) in [6.07, 6.45) is 5.60. The molecule has 16 heavy (non-hydrogen) atoms. The van der Waals surface area contributed by atoms with E-state index in [4.69, 9.17) is 0 Å². The maximum atomic E-state index is 11.7. The molecule has 1 aromatic rings. The second-order valence-electron chi connectivity index (χ2n) is 4.16. The van der Waals surface area contributed by atoms with E-state index in [9.17, 15) is 4.79 Å². The van der Waals surface area contributed by atoms with Crippen LogP contribution in [0.1, 0.15) is 24.8 Å². The lowest BCUT2D eigenvalue weighted by atomic mass is 10.1. The lowest BCUT2D eigenvalue weighted by molar-refractivity contribution is -0.119. The van der Waals surface area contributed by atoms with Crippen LogP contribution >= 0.6 is 0 Å². The fraction of sp³-hybridized carbons (Fsp3) is 0.357. The van der Waals surface area contributed by atoms with E-state index in [-0.39, 0.29) is 5.91 Å². The molecule has 1 heterocycles. The molecule has 84 valence electrons. The highest BCUT2D eigenvalue weighted by molar-refractivity contribution is 5.93. The summed E-state index contributed by atoms with van der Waals surface area (Å²) in [5.41, 5.74) is 2.26. The summed E-state index contributed by atoms with van der Waals surface area (Å²) in [4.78, 5) is 13.6. The molecule has 0 N–H and O–H groups in total. The number of piperidine rings is 1. The number of amides is 1. The van der Waals surface area contributed by atoms with Crippen LogP contribution in [0, 0.1) is 0 Å². The van der Waals surface area contributed by atoms with Crippen LogP contribution in [0.3, 0.4) is 0 Å². The molecule has 0 aromatic heterocycles. The fourth-order valence-corrected chi connectivity index (χ4v) is 2.06. The summed E-state index contributed by atoms with van der Waals surface area (Å²) < 4.78 is 0. The van der Waals surface area contributed by atoms with Crippen molar-refractivity contribution in [2.24, 2.45) is 0 Å². The maximum absolute atomic E-state index is 11.7. The van der Waals surface area contributed by atoms with E-state index >= 15 is 0 Å². The van der Waals surface area contributed by atoms with Crippen LogP contribution in [-0.4, -0.2) is 12.5 Å². The summed E-state index contributed by atoms with van der Waals surface area (Å²) in [7, 11) is 0. The molecule has 0 aliphatic carbocycles. The Balaban J connectivity index is 2.13. The van der Waals surface area contributed by atoms with E-state index in [1.165, 1.54) is 5.56 Å². The van der Waals surface area contributed by atoms with Gasteiger partial charge in [-0.1, -0.05) is 18.2 Å². The molecule has 2 nitrogen and oxygen atoms in total. The predicted molar refractivity (Wildman–Crippen MR) is 66.5 cm³/mol. The van der Waals surface area contributed by atoms with Gasteiger partial charge in [0.05, 0.1) is 0 Å². The lowest BCUT2D eigenvalue weighted by Crippen LogP contribution is -2.35. The smallest absolute Gasteiger partial charge is 0.226 e. The van der Waals surface area contributed by atoms with Gasteiger partial charge in [0.1, 0.15) is 0 Å². The Morgan fingerprint density at radius 2 is 2.00 bits per heavy atom. The molecule has 1 aliphatic heterocycles. The number of carbonyl (C=O) groups is 1. The van der Waals surface area contributed by atoms with E-state index in [2.05, 4.69) is 18.7 Å². The minimum absolute atomic E-state index is 0.253. The molecule has 1 amide bonds. The number of anilines is 1. The number of rotatable bonds is 3. The summed E-state index contributed by atoms with van der Waals surface area (Å²) in [5.74, 6) is 0.253. The number of hydrogen-bond acceptors (Lipinski definition) is 1. The summed E-state index contributed by atoms with van der Waals surface area (Å²) >= 11 is 0. The van der Waals surface area contributed by atoms with Crippen LogP contribution in [-0.2, 0) is 11.2 Å². The van der Waals surface area contributed by atoms with Crippen molar-refractivity contribution in [1.29, 1.82) is 0 Å². The minimum Gasteiger partial charge on any atom is -0.312 e. The zero-order valence-corrected chi connectivity index (χ0v) is 9.48. The Morgan fingerprint density at radius 1 is 1.25 bits per heavy atom. The van der Waals surface area contributed by atoms with Gasteiger partial charge in [-0.3, -0.25) is 4.79 Å². The predicted octanol–water partition coefficient (Wildman–Crippen LogP) is 2.93. The van der Waals surface area contributed by atoms with Gasteiger partial charge in [-0.05, 0) is 37.0 Å². The van der Waals surface area contributed by atoms with Crippen LogP contribution in [0.15, 0.2) is 36.9 Å². The molecular formula is C14H17NO. The molecular weight excluding hydrogens is 198 g/mol. The fourth-order valence-electron chi connectivity index (χ4n) is 2.06. The molecule has 0 atom stereocenters. The van der Waals surface area contributed by atoms with E-state index < -0.39 is 0 Å². The molecule has 2 rings (SSSR count). The molecule has 0 bridgehead atoms. The number of benzene rings is 1. The van der Waals surface area contributed by atoms with Crippen molar-refractivity contribution in [2.45, 2.75) is 25.7 Å². The van der Waals surface area contributed by atoms with Gasteiger partial charge in [-0.25, -0.2) is 0 Å². The summed E-state index contributed by atoms with van der Waals surface area (Å²) in [6.45, 7) is 4.58. The Labute approximate surface area is 96.6 Å². The van der Waals surface area contributed by atoms with Gasteiger partial charge in [-0.15, -0.1) is 6.58 Å². The van der Waals surface area contributed by atoms with Crippen molar-refractivity contribution in [3.63, 3.8) is 0 Å². The van der Waals surface area contributed by atoms with Gasteiger partial charge in [0, 0.05) is 18.7 Å². The molecule has 1 fully saturated rings. The average molecular weight is 215 g/mol. The molecule has 1 saturated heterocycles. The average Bonchev–Trinajstić information content (AvgIpc) is 2.31. The third kappa shape index (κ3) is 2.32. The summed E-state index contributed by atoms with van der Waals surface area (Å²) in [5, 5.41) is 0. The molecule has 0 spiro atoms. The first-order valence-corrected chi connectivity index (χ1v) is 5.81. The van der Waals surface area contributed by atoms with Crippen LogP contribution in [0.4, 0.5) is 5.69 Å². The van der Waals surface area contributed by atoms with Gasteiger partial charge in [-0.2, -0.15) is 0 Å². The Morgan fingerprint density at radius 3 is 2.62 bits per heavy atom. The third-order valence-electron chi connectivity index (χ3n) is 2.95. The molecule has 0 unspecified atom stereocenters. The number of hydrogen-bond donors (Lipinski definition) is 0. The summed E-state index contributed by atoms with van der Waals surface area (Å²) in [6, 6.07) is 8.20. The van der Waals surface area contributed by atoms with Crippen LogP contribution in [0.2, 0.25) is 0 Å². The van der Waals surface area contributed by atoms with Crippen molar-refractivity contribution in [3.8, 4) is 0 Å². The number of nitrogens with zero attached hydrogens (tertiary/aromatic N) is 1. The Bertz CT molecular complexity index is 380. The molecule has 0 saturated carbocycles. The molecule has 1 aromatic carbocycles. The van der Waals surface area contributed by atoms with Gasteiger partial charge >= 0.3 is 0 Å². The van der Waals surface area contributed by atoms with Crippen LogP contribution < -0.4 is 4.90 Å². The first-order chi connectivity index (χ1) is 7.81. The van der Waals surface area contributed by atoms with Crippen molar-refractivity contribution >= 4 is 11.6 Å². The maximum Gasteiger partial charge on any atom is 0.226 e. The zero-order valence-electron chi connectivity index (χ0n) is 9.48. The van der Waals surface area contributed by atoms with Gasteiger partial charge < -0.3 is 4.90 Å². The van der Waals surface area contributed by atoms with E-state index in [0.717, 1.165) is 31.5 Å². The van der Waals surface area contributed by atoms with Crippen LogP contribution in [0.5, 0.6) is 0 Å². The molecule has 0 radical (unpaired) electrons. The van der Waals surface area contributed by atoms with E-state index in [1.54, 1.807) is 0 Å². The SMILES string of the molecule is C=CCc1ccc(N2CCCCC2=O)cc1. The number of carbonyl (C=O) groups excluding carboxylic acids is 1. The molecule has 2 heteroatoms. The second kappa shape index (κ2) is 4.97. The quantitative estimate of drug-likeness (QED) is 0.710. The van der Waals surface area contributed by atoms with Crippen molar-refractivity contribution < 1.29 is 4.79 Å². The third-order valence-corrected chi connectivity index (χ3v) is 2.95. The Hall–Kier alpha value is -1.57. The highest BCUT2D eigenvalue weighted by Gasteiger charge is 2.18. The standard InChI is InChI=1S/C14H17NO/c1-2-5-12-7-9-13(10-8-12)15-11-4-3-6-14(15)16/h2,7-10H,1,3-6,11H2. The van der Waals surface area contributed by atoms with Crippen molar-refractivity contribution in [3.05, 3.63) is 42.5 Å². The lowest BCUT2D eigenvalue weighted by Gasteiger charge is -2.26. The molecule has 1 aliphatic rings. The van der Waals surface area contributed by atoms with Crippen LogP contribution in [0.25, 0.3) is 0 Å². The number of allylic oxidation sites excluding steroid dienone is 1. The highest BCUT2D eigenvalue weighted by atomic mass is 16.2. The van der Waals surface area contributed by atoms with Gasteiger partial charge in [0.15, 0.2) is 0 Å². The van der Waals surface area contributed by atoms with Gasteiger partial charge in [0.25, 0.3) is 0 Å². The Kier molecular flexibility index (Phi) is 3.40. The first-order valence-electron chi connectivity index (χ1n) is 5.81.